The summed E-state index contributed by atoms with van der Waals surface area (Å²) < 4.78 is 0. The predicted octanol–water partition coefficient (Wildman–Crippen LogP) is 4.21. The molecule has 0 atom stereocenters. The Morgan fingerprint density at radius 3 is 1.81 bits per heavy atom. The fourth-order valence-corrected chi connectivity index (χ4v) is 4.13. The van der Waals surface area contributed by atoms with Gasteiger partial charge in [0, 0.05) is 26.2 Å². The van der Waals surface area contributed by atoms with Gasteiger partial charge in [-0.15, -0.1) is 0 Å². The lowest BCUT2D eigenvalue weighted by Gasteiger charge is -2.39. The predicted molar refractivity (Wildman–Crippen MR) is 123 cm³/mol. The van der Waals surface area contributed by atoms with Crippen molar-refractivity contribution < 1.29 is 9.59 Å². The molecule has 1 aliphatic rings. The number of hydrogen-bond acceptors (Lipinski definition) is 3. The molecule has 6 heteroatoms. The molecule has 1 aliphatic heterocycles. The van der Waals surface area contributed by atoms with Gasteiger partial charge in [-0.1, -0.05) is 84.4 Å². The highest BCUT2D eigenvalue weighted by Crippen LogP contribution is 2.29. The van der Waals surface area contributed by atoms with E-state index >= 15 is 0 Å². The molecule has 0 spiro atoms. The summed E-state index contributed by atoms with van der Waals surface area (Å²) in [6.07, 6.45) is 0. The molecule has 3 aromatic carbocycles. The van der Waals surface area contributed by atoms with Crippen molar-refractivity contribution in [1.82, 2.24) is 9.80 Å². The molecule has 0 radical (unpaired) electrons. The summed E-state index contributed by atoms with van der Waals surface area (Å²) >= 11 is 6.08. The zero-order valence-corrected chi connectivity index (χ0v) is 17.8. The monoisotopic (exact) mass is 433 g/mol. The Hall–Kier alpha value is -3.15. The van der Waals surface area contributed by atoms with Crippen LogP contribution < -0.4 is 5.32 Å². The second-order valence-corrected chi connectivity index (χ2v) is 7.89. The first-order chi connectivity index (χ1) is 15.1. The van der Waals surface area contributed by atoms with Crippen LogP contribution in [0.4, 0.5) is 5.69 Å². The molecule has 0 unspecified atom stereocenters. The fourth-order valence-electron chi connectivity index (χ4n) is 3.95. The van der Waals surface area contributed by atoms with E-state index in [0.717, 1.165) is 0 Å². The van der Waals surface area contributed by atoms with Gasteiger partial charge in [-0.2, -0.15) is 0 Å². The fraction of sp³-hybridized carbons (Fsp3) is 0.200. The van der Waals surface area contributed by atoms with Crippen molar-refractivity contribution in [3.8, 4) is 0 Å². The lowest BCUT2D eigenvalue weighted by atomic mass is 9.96. The van der Waals surface area contributed by atoms with Gasteiger partial charge < -0.3 is 10.2 Å². The highest BCUT2D eigenvalue weighted by Gasteiger charge is 2.30. The number of halogens is 1. The third-order valence-corrected chi connectivity index (χ3v) is 5.84. The van der Waals surface area contributed by atoms with Gasteiger partial charge in [0.1, 0.15) is 0 Å². The maximum absolute atomic E-state index is 12.7. The number of rotatable bonds is 4. The Bertz CT molecular complexity index is 995. The summed E-state index contributed by atoms with van der Waals surface area (Å²) in [5.74, 6) is -1.19. The SMILES string of the molecule is O=C(Nc1ccccc1Cl)C(=O)N1CCN(C(c2ccccc2)c2ccccc2)CC1. The quantitative estimate of drug-likeness (QED) is 0.627. The van der Waals surface area contributed by atoms with Crippen molar-refractivity contribution in [1.29, 1.82) is 0 Å². The molecular formula is C25H24ClN3O2. The number of nitrogens with one attached hydrogen (secondary N) is 1. The third kappa shape index (κ3) is 4.95. The van der Waals surface area contributed by atoms with Gasteiger partial charge in [-0.25, -0.2) is 0 Å². The van der Waals surface area contributed by atoms with Crippen LogP contribution in [0.5, 0.6) is 0 Å². The second kappa shape index (κ2) is 9.77. The van der Waals surface area contributed by atoms with Crippen molar-refractivity contribution in [2.45, 2.75) is 6.04 Å². The first-order valence-corrected chi connectivity index (χ1v) is 10.7. The lowest BCUT2D eigenvalue weighted by molar-refractivity contribution is -0.144. The van der Waals surface area contributed by atoms with Gasteiger partial charge in [-0.3, -0.25) is 14.5 Å². The van der Waals surface area contributed by atoms with E-state index in [4.69, 9.17) is 11.6 Å². The van der Waals surface area contributed by atoms with Crippen LogP contribution in [-0.2, 0) is 9.59 Å². The average molecular weight is 434 g/mol. The molecular weight excluding hydrogens is 410 g/mol. The maximum atomic E-state index is 12.7. The number of nitrogens with zero attached hydrogens (tertiary/aromatic N) is 2. The Labute approximate surface area is 187 Å². The molecule has 0 aliphatic carbocycles. The van der Waals surface area contributed by atoms with E-state index in [0.29, 0.717) is 36.9 Å². The molecule has 1 fully saturated rings. The van der Waals surface area contributed by atoms with Crippen LogP contribution in [0.1, 0.15) is 17.2 Å². The zero-order chi connectivity index (χ0) is 21.6. The van der Waals surface area contributed by atoms with Gasteiger partial charge in [0.15, 0.2) is 0 Å². The standard InChI is InChI=1S/C25H24ClN3O2/c26-21-13-7-8-14-22(21)27-24(30)25(31)29-17-15-28(16-18-29)23(19-9-3-1-4-10-19)20-11-5-2-6-12-20/h1-14,23H,15-18H2,(H,27,30). The molecule has 31 heavy (non-hydrogen) atoms. The van der Waals surface area contributed by atoms with Crippen molar-refractivity contribution in [2.24, 2.45) is 0 Å². The number of carbonyl (C=O) groups excluding carboxylic acids is 2. The van der Waals surface area contributed by atoms with Crippen molar-refractivity contribution in [3.63, 3.8) is 0 Å². The Morgan fingerprint density at radius 1 is 0.742 bits per heavy atom. The summed E-state index contributed by atoms with van der Waals surface area (Å²) in [5, 5.41) is 3.02. The maximum Gasteiger partial charge on any atom is 0.313 e. The van der Waals surface area contributed by atoms with Crippen LogP contribution in [0.25, 0.3) is 0 Å². The summed E-state index contributed by atoms with van der Waals surface area (Å²) in [7, 11) is 0. The molecule has 3 aromatic rings. The van der Waals surface area contributed by atoms with Gasteiger partial charge in [0.2, 0.25) is 0 Å². The summed E-state index contributed by atoms with van der Waals surface area (Å²) in [6.45, 7) is 2.34. The zero-order valence-electron chi connectivity index (χ0n) is 17.1. The number of anilines is 1. The minimum Gasteiger partial charge on any atom is -0.332 e. The first-order valence-electron chi connectivity index (χ1n) is 10.3. The molecule has 158 valence electrons. The Balaban J connectivity index is 1.43. The Kier molecular flexibility index (Phi) is 6.65. The summed E-state index contributed by atoms with van der Waals surface area (Å²) in [4.78, 5) is 29.1. The molecule has 1 N–H and O–H groups in total. The number of piperazine rings is 1. The van der Waals surface area contributed by atoms with Crippen LogP contribution in [0.15, 0.2) is 84.9 Å². The molecule has 0 bridgehead atoms. The van der Waals surface area contributed by atoms with Gasteiger partial charge in [0.05, 0.1) is 16.8 Å². The average Bonchev–Trinajstić information content (AvgIpc) is 2.82. The molecule has 1 saturated heterocycles. The number of hydrogen-bond donors (Lipinski definition) is 1. The highest BCUT2D eigenvalue weighted by atomic mass is 35.5. The minimum atomic E-state index is -0.663. The van der Waals surface area contributed by atoms with Crippen LogP contribution in [0.2, 0.25) is 5.02 Å². The van der Waals surface area contributed by atoms with Crippen LogP contribution in [0.3, 0.4) is 0 Å². The van der Waals surface area contributed by atoms with E-state index in [9.17, 15) is 9.59 Å². The van der Waals surface area contributed by atoms with Gasteiger partial charge in [-0.05, 0) is 23.3 Å². The Morgan fingerprint density at radius 2 is 1.26 bits per heavy atom. The molecule has 4 rings (SSSR count). The molecule has 0 aromatic heterocycles. The van der Waals surface area contributed by atoms with Gasteiger partial charge >= 0.3 is 11.8 Å². The van der Waals surface area contributed by atoms with E-state index in [1.54, 1.807) is 29.2 Å². The second-order valence-electron chi connectivity index (χ2n) is 7.49. The van der Waals surface area contributed by atoms with Crippen LogP contribution in [-0.4, -0.2) is 47.8 Å². The minimum absolute atomic E-state index is 0.108. The number of benzene rings is 3. The van der Waals surface area contributed by atoms with Crippen molar-refractivity contribution in [2.75, 3.05) is 31.5 Å². The lowest BCUT2D eigenvalue weighted by Crippen LogP contribution is -2.52. The van der Waals surface area contributed by atoms with Crippen LogP contribution in [0, 0.1) is 0 Å². The number of carbonyl (C=O) groups is 2. The molecule has 1 heterocycles. The molecule has 5 nitrogen and oxygen atoms in total. The topological polar surface area (TPSA) is 52.7 Å². The highest BCUT2D eigenvalue weighted by molar-refractivity contribution is 6.41. The van der Waals surface area contributed by atoms with E-state index < -0.39 is 11.8 Å². The number of amides is 2. The first kappa shape index (κ1) is 21.1. The number of para-hydroxylation sites is 1. The normalized spacial score (nSPS) is 14.5. The molecule has 0 saturated carbocycles. The summed E-state index contributed by atoms with van der Waals surface area (Å²) in [6, 6.07) is 27.7. The third-order valence-electron chi connectivity index (χ3n) is 5.51. The van der Waals surface area contributed by atoms with E-state index in [2.05, 4.69) is 34.5 Å². The van der Waals surface area contributed by atoms with E-state index in [1.807, 2.05) is 36.4 Å². The van der Waals surface area contributed by atoms with Crippen molar-refractivity contribution >= 4 is 29.1 Å². The van der Waals surface area contributed by atoms with E-state index in [-0.39, 0.29) is 6.04 Å². The van der Waals surface area contributed by atoms with E-state index in [1.165, 1.54) is 11.1 Å². The summed E-state index contributed by atoms with van der Waals surface area (Å²) in [5.41, 5.74) is 2.87. The van der Waals surface area contributed by atoms with Gasteiger partial charge in [0.25, 0.3) is 0 Å². The van der Waals surface area contributed by atoms with Crippen LogP contribution >= 0.6 is 11.6 Å². The molecule has 2 amide bonds. The smallest absolute Gasteiger partial charge is 0.313 e. The largest absolute Gasteiger partial charge is 0.332 e. The van der Waals surface area contributed by atoms with Crippen molar-refractivity contribution in [3.05, 3.63) is 101 Å².